The molecule has 0 radical (unpaired) electrons. The quantitative estimate of drug-likeness (QED) is 0.511. The molecule has 0 aliphatic heterocycles. The van der Waals surface area contributed by atoms with Crippen molar-refractivity contribution in [2.45, 2.75) is 110 Å². The van der Waals surface area contributed by atoms with E-state index < -0.39 is 0 Å². The first-order valence-electron chi connectivity index (χ1n) is 9.45. The third-order valence-corrected chi connectivity index (χ3v) is 5.73. The van der Waals surface area contributed by atoms with Gasteiger partial charge >= 0.3 is 0 Å². The highest BCUT2D eigenvalue weighted by Crippen LogP contribution is 2.35. The minimum absolute atomic E-state index is 0.509. The van der Waals surface area contributed by atoms with E-state index in [0.717, 1.165) is 11.8 Å². The first kappa shape index (κ1) is 16.3. The standard InChI is InChI=1S/C19H36O/c1-3-4-6-9-17-12-14-18(15-13-17)16(2)20-19-10-7-5-8-11-19/h16-19H,3-15H2,1-2H3. The van der Waals surface area contributed by atoms with Crippen LogP contribution in [0.3, 0.4) is 0 Å². The second-order valence-corrected chi connectivity index (χ2v) is 7.38. The van der Waals surface area contributed by atoms with Crippen LogP contribution in [0.25, 0.3) is 0 Å². The molecule has 0 spiro atoms. The Bertz CT molecular complexity index is 236. The lowest BCUT2D eigenvalue weighted by atomic mass is 9.78. The summed E-state index contributed by atoms with van der Waals surface area (Å²) in [4.78, 5) is 0. The summed E-state index contributed by atoms with van der Waals surface area (Å²) in [6.45, 7) is 4.65. The summed E-state index contributed by atoms with van der Waals surface area (Å²) >= 11 is 0. The maximum Gasteiger partial charge on any atom is 0.0578 e. The fraction of sp³-hybridized carbons (Fsp3) is 1.00. The van der Waals surface area contributed by atoms with Crippen molar-refractivity contribution in [3.63, 3.8) is 0 Å². The smallest absolute Gasteiger partial charge is 0.0578 e. The first-order valence-corrected chi connectivity index (χ1v) is 9.45. The summed E-state index contributed by atoms with van der Waals surface area (Å²) in [6, 6.07) is 0. The maximum absolute atomic E-state index is 6.36. The van der Waals surface area contributed by atoms with E-state index in [4.69, 9.17) is 4.74 Å². The van der Waals surface area contributed by atoms with E-state index in [9.17, 15) is 0 Å². The molecule has 118 valence electrons. The summed E-state index contributed by atoms with van der Waals surface area (Å²) in [5.74, 6) is 1.87. The minimum Gasteiger partial charge on any atom is -0.375 e. The van der Waals surface area contributed by atoms with Crippen molar-refractivity contribution in [1.29, 1.82) is 0 Å². The molecule has 20 heavy (non-hydrogen) atoms. The van der Waals surface area contributed by atoms with E-state index in [2.05, 4.69) is 13.8 Å². The Morgan fingerprint density at radius 1 is 0.900 bits per heavy atom. The fourth-order valence-electron chi connectivity index (χ4n) is 4.25. The van der Waals surface area contributed by atoms with Gasteiger partial charge < -0.3 is 4.74 Å². The van der Waals surface area contributed by atoms with Crippen LogP contribution >= 0.6 is 0 Å². The topological polar surface area (TPSA) is 9.23 Å². The zero-order valence-electron chi connectivity index (χ0n) is 13.9. The summed E-state index contributed by atoms with van der Waals surface area (Å²) in [6.07, 6.45) is 19.4. The average Bonchev–Trinajstić information content (AvgIpc) is 2.49. The molecule has 2 aliphatic rings. The molecule has 0 aromatic heterocycles. The molecule has 1 nitrogen and oxygen atoms in total. The van der Waals surface area contributed by atoms with E-state index in [1.165, 1.54) is 83.5 Å². The van der Waals surface area contributed by atoms with Gasteiger partial charge in [-0.15, -0.1) is 0 Å². The number of unbranched alkanes of at least 4 members (excludes halogenated alkanes) is 2. The molecular formula is C19H36O. The van der Waals surface area contributed by atoms with Crippen LogP contribution in [0.1, 0.15) is 97.3 Å². The summed E-state index contributed by atoms with van der Waals surface area (Å²) < 4.78 is 6.36. The van der Waals surface area contributed by atoms with Crippen molar-refractivity contribution in [3.8, 4) is 0 Å². The zero-order chi connectivity index (χ0) is 14.2. The fourth-order valence-corrected chi connectivity index (χ4v) is 4.25. The Morgan fingerprint density at radius 2 is 1.60 bits per heavy atom. The van der Waals surface area contributed by atoms with Gasteiger partial charge in [0, 0.05) is 0 Å². The molecule has 0 N–H and O–H groups in total. The molecule has 2 saturated carbocycles. The molecule has 1 atom stereocenters. The molecule has 2 aliphatic carbocycles. The molecule has 1 heteroatoms. The predicted molar refractivity (Wildman–Crippen MR) is 87.0 cm³/mol. The van der Waals surface area contributed by atoms with Crippen LogP contribution < -0.4 is 0 Å². The molecule has 0 heterocycles. The van der Waals surface area contributed by atoms with Crippen molar-refractivity contribution in [1.82, 2.24) is 0 Å². The summed E-state index contributed by atoms with van der Waals surface area (Å²) in [5, 5.41) is 0. The van der Waals surface area contributed by atoms with Crippen molar-refractivity contribution < 1.29 is 4.74 Å². The van der Waals surface area contributed by atoms with Crippen molar-refractivity contribution in [2.75, 3.05) is 0 Å². The van der Waals surface area contributed by atoms with Crippen LogP contribution in [-0.2, 0) is 4.74 Å². The normalized spacial score (nSPS) is 30.3. The van der Waals surface area contributed by atoms with E-state index in [1.807, 2.05) is 0 Å². The van der Waals surface area contributed by atoms with Gasteiger partial charge in [-0.05, 0) is 44.4 Å². The van der Waals surface area contributed by atoms with Gasteiger partial charge in [0.1, 0.15) is 0 Å². The number of ether oxygens (including phenoxy) is 1. The molecule has 0 aromatic carbocycles. The van der Waals surface area contributed by atoms with Crippen LogP contribution in [0.5, 0.6) is 0 Å². The molecule has 1 unspecified atom stereocenters. The Labute approximate surface area is 126 Å². The maximum atomic E-state index is 6.36. The summed E-state index contributed by atoms with van der Waals surface area (Å²) in [5.41, 5.74) is 0. The van der Waals surface area contributed by atoms with E-state index in [-0.39, 0.29) is 0 Å². The van der Waals surface area contributed by atoms with E-state index in [0.29, 0.717) is 12.2 Å². The molecule has 0 bridgehead atoms. The monoisotopic (exact) mass is 280 g/mol. The van der Waals surface area contributed by atoms with E-state index in [1.54, 1.807) is 0 Å². The van der Waals surface area contributed by atoms with E-state index >= 15 is 0 Å². The average molecular weight is 280 g/mol. The molecule has 0 saturated heterocycles. The second kappa shape index (κ2) is 9.07. The number of hydrogen-bond donors (Lipinski definition) is 0. The highest BCUT2D eigenvalue weighted by molar-refractivity contribution is 4.78. The summed E-state index contributed by atoms with van der Waals surface area (Å²) in [7, 11) is 0. The lowest BCUT2D eigenvalue weighted by molar-refractivity contribution is -0.0574. The third-order valence-electron chi connectivity index (χ3n) is 5.73. The van der Waals surface area contributed by atoms with Gasteiger partial charge in [0.2, 0.25) is 0 Å². The Balaban J connectivity index is 1.62. The first-order chi connectivity index (χ1) is 9.79. The van der Waals surface area contributed by atoms with Crippen molar-refractivity contribution in [2.24, 2.45) is 11.8 Å². The Hall–Kier alpha value is -0.0400. The molecular weight excluding hydrogens is 244 g/mol. The highest BCUT2D eigenvalue weighted by atomic mass is 16.5. The van der Waals surface area contributed by atoms with Crippen LogP contribution in [0, 0.1) is 11.8 Å². The van der Waals surface area contributed by atoms with Crippen LogP contribution in [0.15, 0.2) is 0 Å². The molecule has 2 rings (SSSR count). The van der Waals surface area contributed by atoms with Crippen molar-refractivity contribution >= 4 is 0 Å². The molecule has 0 amide bonds. The molecule has 2 fully saturated rings. The van der Waals surface area contributed by atoms with Gasteiger partial charge in [-0.1, -0.05) is 64.7 Å². The van der Waals surface area contributed by atoms with Gasteiger partial charge in [-0.3, -0.25) is 0 Å². The number of hydrogen-bond acceptors (Lipinski definition) is 1. The largest absolute Gasteiger partial charge is 0.375 e. The van der Waals surface area contributed by atoms with Gasteiger partial charge in [0.15, 0.2) is 0 Å². The highest BCUT2D eigenvalue weighted by Gasteiger charge is 2.27. The number of rotatable bonds is 7. The van der Waals surface area contributed by atoms with Gasteiger partial charge in [0.25, 0.3) is 0 Å². The van der Waals surface area contributed by atoms with Gasteiger partial charge in [0.05, 0.1) is 12.2 Å². The molecule has 0 aromatic rings. The lowest BCUT2D eigenvalue weighted by Gasteiger charge is -2.35. The van der Waals surface area contributed by atoms with Crippen LogP contribution in [0.2, 0.25) is 0 Å². The zero-order valence-corrected chi connectivity index (χ0v) is 13.9. The van der Waals surface area contributed by atoms with Gasteiger partial charge in [-0.2, -0.15) is 0 Å². The second-order valence-electron chi connectivity index (χ2n) is 7.38. The minimum atomic E-state index is 0.509. The van der Waals surface area contributed by atoms with Crippen LogP contribution in [-0.4, -0.2) is 12.2 Å². The Morgan fingerprint density at radius 3 is 2.25 bits per heavy atom. The lowest BCUT2D eigenvalue weighted by Crippen LogP contribution is -2.30. The predicted octanol–water partition coefficient (Wildman–Crippen LogP) is 6.11. The third kappa shape index (κ3) is 5.39. The van der Waals surface area contributed by atoms with Crippen LogP contribution in [0.4, 0.5) is 0 Å². The van der Waals surface area contributed by atoms with Crippen molar-refractivity contribution in [3.05, 3.63) is 0 Å². The SMILES string of the molecule is CCCCCC1CCC(C(C)OC2CCCCC2)CC1. The van der Waals surface area contributed by atoms with Gasteiger partial charge in [-0.25, -0.2) is 0 Å². The Kier molecular flexibility index (Phi) is 7.41.